The fourth-order valence-electron chi connectivity index (χ4n) is 0. The summed E-state index contributed by atoms with van der Waals surface area (Å²) < 4.78 is 4.68. The van der Waals surface area contributed by atoms with Crippen molar-refractivity contribution < 1.29 is 4.52 Å². The number of hydrogen-bond donors (Lipinski definition) is 1. The summed E-state index contributed by atoms with van der Waals surface area (Å²) in [7, 11) is 1.25. The van der Waals surface area contributed by atoms with Gasteiger partial charge in [0.25, 0.3) is 0 Å². The number of rotatable bonds is 1. The molecule has 3 heteroatoms. The van der Waals surface area contributed by atoms with Crippen LogP contribution >= 0.6 is 19.6 Å². The van der Waals surface area contributed by atoms with E-state index in [0.717, 1.165) is 0 Å². The highest BCUT2D eigenvalue weighted by Gasteiger charge is 1.79. The highest BCUT2D eigenvalue weighted by molar-refractivity contribution is 8.43. The van der Waals surface area contributed by atoms with Crippen molar-refractivity contribution in [3.63, 3.8) is 0 Å². The molecule has 0 N–H and O–H groups in total. The van der Waals surface area contributed by atoms with Gasteiger partial charge in [-0.25, -0.2) is 0 Å². The lowest BCUT2D eigenvalue weighted by Gasteiger charge is -1.93. The van der Waals surface area contributed by atoms with Gasteiger partial charge in [0.1, 0.15) is 0 Å². The van der Waals surface area contributed by atoms with E-state index in [1.165, 1.54) is 0 Å². The second-order valence-electron chi connectivity index (χ2n) is 0.647. The molecule has 0 aliphatic carbocycles. The third-order valence-corrected chi connectivity index (χ3v) is 1.28. The molecular weight excluding hydrogens is 103 g/mol. The monoisotopic (exact) mass is 110 g/mol. The molecule has 1 nitrogen and oxygen atoms in total. The average Bonchev–Trinajstić information content (AvgIpc) is 1.38. The van der Waals surface area contributed by atoms with E-state index >= 15 is 0 Å². The van der Waals surface area contributed by atoms with Gasteiger partial charge in [0.2, 0.25) is 0 Å². The van der Waals surface area contributed by atoms with Crippen molar-refractivity contribution >= 4 is 19.6 Å². The number of thiol groups is 1. The minimum Gasteiger partial charge on any atom is -0.352 e. The first-order valence-electron chi connectivity index (χ1n) is 1.24. The summed E-state index contributed by atoms with van der Waals surface area (Å²) in [5, 5.41) is 0. The maximum Gasteiger partial charge on any atom is 0.0819 e. The van der Waals surface area contributed by atoms with Gasteiger partial charge < -0.3 is 4.52 Å². The van der Waals surface area contributed by atoms with Gasteiger partial charge >= 0.3 is 0 Å². The molecule has 5 heavy (non-hydrogen) atoms. The van der Waals surface area contributed by atoms with E-state index in [2.05, 4.69) is 16.8 Å². The van der Waals surface area contributed by atoms with Gasteiger partial charge in [0.05, 0.1) is 7.35 Å². The highest BCUT2D eigenvalue weighted by atomic mass is 32.7. The molecule has 0 saturated carbocycles. The molecule has 1 unspecified atom stereocenters. The molecule has 0 spiro atoms. The van der Waals surface area contributed by atoms with Gasteiger partial charge in [-0.05, 0) is 6.66 Å². The van der Waals surface area contributed by atoms with E-state index < -0.39 is 7.35 Å². The molecule has 1 atom stereocenters. The van der Waals surface area contributed by atoms with Crippen molar-refractivity contribution in [3.05, 3.63) is 0 Å². The van der Waals surface area contributed by atoms with Crippen LogP contribution in [-0.4, -0.2) is 13.8 Å². The average molecular weight is 110 g/mol. The van der Waals surface area contributed by atoms with Gasteiger partial charge in [-0.2, -0.15) is 0 Å². The molecule has 0 aliphatic rings. The van der Waals surface area contributed by atoms with E-state index in [1.807, 2.05) is 6.66 Å². The van der Waals surface area contributed by atoms with Gasteiger partial charge in [0.15, 0.2) is 0 Å². The van der Waals surface area contributed by atoms with Gasteiger partial charge in [-0.15, -0.1) is 12.2 Å². The minimum atomic E-state index is -0.404. The Morgan fingerprint density at radius 2 is 2.00 bits per heavy atom. The van der Waals surface area contributed by atoms with Crippen molar-refractivity contribution in [2.24, 2.45) is 0 Å². The van der Waals surface area contributed by atoms with Crippen molar-refractivity contribution in [3.8, 4) is 0 Å². The van der Waals surface area contributed by atoms with Crippen LogP contribution in [0.25, 0.3) is 0 Å². The van der Waals surface area contributed by atoms with E-state index in [0.29, 0.717) is 0 Å². The van der Waals surface area contributed by atoms with Crippen LogP contribution in [0.2, 0.25) is 0 Å². The Kier molecular flexibility index (Phi) is 3.39. The van der Waals surface area contributed by atoms with Crippen molar-refractivity contribution in [2.75, 3.05) is 13.8 Å². The lowest BCUT2D eigenvalue weighted by molar-refractivity contribution is 0.476. The number of hydrogen-bond acceptors (Lipinski definition) is 2. The van der Waals surface area contributed by atoms with Crippen LogP contribution in [0.5, 0.6) is 0 Å². The Morgan fingerprint density at radius 3 is 2.00 bits per heavy atom. The molecule has 0 radical (unpaired) electrons. The summed E-state index contributed by atoms with van der Waals surface area (Å²) in [5.74, 6) is 0. The summed E-state index contributed by atoms with van der Waals surface area (Å²) in [6.45, 7) is 1.93. The lowest BCUT2D eigenvalue weighted by Crippen LogP contribution is -1.58. The third kappa shape index (κ3) is 4.74. The van der Waals surface area contributed by atoms with E-state index in [1.54, 1.807) is 7.11 Å². The summed E-state index contributed by atoms with van der Waals surface area (Å²) in [6, 6.07) is 0. The lowest BCUT2D eigenvalue weighted by atomic mass is 11.8. The summed E-state index contributed by atoms with van der Waals surface area (Å²) in [6.07, 6.45) is 0. The van der Waals surface area contributed by atoms with Crippen LogP contribution in [0.1, 0.15) is 0 Å². The Balaban J connectivity index is 2.54. The van der Waals surface area contributed by atoms with Crippen LogP contribution in [-0.2, 0) is 4.52 Å². The molecule has 0 aromatic heterocycles. The predicted molar refractivity (Wildman–Crippen MR) is 28.8 cm³/mol. The first-order valence-corrected chi connectivity index (χ1v) is 4.10. The molecule has 32 valence electrons. The van der Waals surface area contributed by atoms with Gasteiger partial charge in [-0.3, -0.25) is 0 Å². The Labute approximate surface area is 38.7 Å². The first-order chi connectivity index (χ1) is 2.27. The quantitative estimate of drug-likeness (QED) is 0.397. The first kappa shape index (κ1) is 5.74. The molecule has 0 fully saturated rings. The van der Waals surface area contributed by atoms with E-state index in [4.69, 9.17) is 0 Å². The molecule has 0 rings (SSSR count). The molecule has 0 aromatic rings. The van der Waals surface area contributed by atoms with Gasteiger partial charge in [0, 0.05) is 7.11 Å². The highest BCUT2D eigenvalue weighted by Crippen LogP contribution is 2.34. The molecule has 0 bridgehead atoms. The van der Waals surface area contributed by atoms with Gasteiger partial charge in [-0.1, -0.05) is 0 Å². The zero-order valence-electron chi connectivity index (χ0n) is 3.30. The third-order valence-electron chi connectivity index (χ3n) is 0.264. The van der Waals surface area contributed by atoms with Crippen LogP contribution in [0.4, 0.5) is 0 Å². The molecule has 0 amide bonds. The second kappa shape index (κ2) is 2.95. The molecular formula is C2H7OPS. The predicted octanol–water partition coefficient (Wildman–Crippen LogP) is 1.50. The van der Waals surface area contributed by atoms with Crippen molar-refractivity contribution in [1.82, 2.24) is 0 Å². The SMILES string of the molecule is COP(C)S. The van der Waals surface area contributed by atoms with Crippen LogP contribution < -0.4 is 0 Å². The molecule has 0 heterocycles. The largest absolute Gasteiger partial charge is 0.352 e. The summed E-state index contributed by atoms with van der Waals surface area (Å²) in [5.41, 5.74) is 0. The Hall–Kier alpha value is 0.740. The Morgan fingerprint density at radius 1 is 1.80 bits per heavy atom. The smallest absolute Gasteiger partial charge is 0.0819 e. The summed E-state index contributed by atoms with van der Waals surface area (Å²) >= 11 is 3.94. The Bertz CT molecular complexity index is 23.6. The maximum absolute atomic E-state index is 4.68. The van der Waals surface area contributed by atoms with Crippen LogP contribution in [0.3, 0.4) is 0 Å². The minimum absolute atomic E-state index is 0.404. The van der Waals surface area contributed by atoms with Crippen LogP contribution in [0, 0.1) is 0 Å². The normalized spacial score (nSPS) is 15.0. The maximum atomic E-state index is 4.68. The van der Waals surface area contributed by atoms with Crippen molar-refractivity contribution in [1.29, 1.82) is 0 Å². The van der Waals surface area contributed by atoms with E-state index in [-0.39, 0.29) is 0 Å². The van der Waals surface area contributed by atoms with Crippen molar-refractivity contribution in [2.45, 2.75) is 0 Å². The summed E-state index contributed by atoms with van der Waals surface area (Å²) in [4.78, 5) is 0. The topological polar surface area (TPSA) is 9.23 Å². The fourth-order valence-corrected chi connectivity index (χ4v) is 0. The zero-order chi connectivity index (χ0) is 4.28. The second-order valence-corrected chi connectivity index (χ2v) is 3.63. The fraction of sp³-hybridized carbons (Fsp3) is 1.00. The van der Waals surface area contributed by atoms with Crippen LogP contribution in [0.15, 0.2) is 0 Å². The molecule has 0 saturated heterocycles. The van der Waals surface area contributed by atoms with E-state index in [9.17, 15) is 0 Å². The molecule has 0 aromatic carbocycles. The molecule has 0 aliphatic heterocycles. The standard InChI is InChI=1S/C2H7OPS/c1-3-4(2)5/h5H,1-2H3. The zero-order valence-corrected chi connectivity index (χ0v) is 5.09.